The van der Waals surface area contributed by atoms with Gasteiger partial charge in [0.1, 0.15) is 6.29 Å². The van der Waals surface area contributed by atoms with Crippen LogP contribution in [0.2, 0.25) is 0 Å². The van der Waals surface area contributed by atoms with E-state index in [0.29, 0.717) is 38.8 Å². The van der Waals surface area contributed by atoms with Crippen molar-refractivity contribution in [3.8, 4) is 0 Å². The molecule has 6 N–H and O–H groups in total. The van der Waals surface area contributed by atoms with E-state index in [1.807, 2.05) is 0 Å². The molecule has 7 nitrogen and oxygen atoms in total. The van der Waals surface area contributed by atoms with Gasteiger partial charge in [0.15, 0.2) is 0 Å². The van der Waals surface area contributed by atoms with E-state index in [-0.39, 0.29) is 5.91 Å². The van der Waals surface area contributed by atoms with Crippen LogP contribution >= 0.6 is 0 Å². The van der Waals surface area contributed by atoms with Crippen molar-refractivity contribution < 1.29 is 14.4 Å². The highest BCUT2D eigenvalue weighted by molar-refractivity contribution is 5.81. The molecule has 0 unspecified atom stereocenters. The number of amides is 3. The molecule has 1 atom stereocenters. The lowest BCUT2D eigenvalue weighted by atomic mass is 10.1. The Balaban J connectivity index is 3.53. The minimum absolute atomic E-state index is 0.241. The summed E-state index contributed by atoms with van der Waals surface area (Å²) >= 11 is 0. The van der Waals surface area contributed by atoms with Crippen LogP contribution < -0.4 is 22.1 Å². The Morgan fingerprint density at radius 3 is 2.41 bits per heavy atom. The summed E-state index contributed by atoms with van der Waals surface area (Å²) in [5, 5.41) is 5.04. The Bertz CT molecular complexity index is 258. The minimum Gasteiger partial charge on any atom is -0.355 e. The molecule has 0 fully saturated rings. The molecule has 0 aromatic heterocycles. The van der Waals surface area contributed by atoms with Gasteiger partial charge in [-0.2, -0.15) is 0 Å². The zero-order valence-corrected chi connectivity index (χ0v) is 9.78. The van der Waals surface area contributed by atoms with Crippen LogP contribution in [0.5, 0.6) is 0 Å². The first-order chi connectivity index (χ1) is 8.07. The third kappa shape index (κ3) is 9.31. The highest BCUT2D eigenvalue weighted by atomic mass is 16.2. The van der Waals surface area contributed by atoms with Crippen LogP contribution in [0.15, 0.2) is 0 Å². The highest BCUT2D eigenvalue weighted by Gasteiger charge is 2.11. The van der Waals surface area contributed by atoms with Gasteiger partial charge < -0.3 is 26.9 Å². The quantitative estimate of drug-likeness (QED) is 0.302. The SMILES string of the molecule is NC(=O)NCCC[C@H](N)C(=O)NCCCC=O. The summed E-state index contributed by atoms with van der Waals surface area (Å²) in [7, 11) is 0. The third-order valence-corrected chi connectivity index (χ3v) is 2.13. The van der Waals surface area contributed by atoms with Gasteiger partial charge in [0.2, 0.25) is 5.91 Å². The molecule has 0 aliphatic carbocycles. The maximum Gasteiger partial charge on any atom is 0.312 e. The topological polar surface area (TPSA) is 127 Å². The van der Waals surface area contributed by atoms with Gasteiger partial charge in [-0.05, 0) is 19.3 Å². The van der Waals surface area contributed by atoms with E-state index in [1.54, 1.807) is 0 Å². The molecule has 0 spiro atoms. The monoisotopic (exact) mass is 244 g/mol. The highest BCUT2D eigenvalue weighted by Crippen LogP contribution is 1.94. The van der Waals surface area contributed by atoms with Crippen LogP contribution in [0.25, 0.3) is 0 Å². The summed E-state index contributed by atoms with van der Waals surface area (Å²) in [6, 6.07) is -1.18. The van der Waals surface area contributed by atoms with Crippen molar-refractivity contribution in [3.63, 3.8) is 0 Å². The molecule has 0 bridgehead atoms. The molecular formula is C10H20N4O3. The second-order valence-electron chi connectivity index (χ2n) is 3.64. The number of hydrogen-bond acceptors (Lipinski definition) is 4. The van der Waals surface area contributed by atoms with E-state index < -0.39 is 12.1 Å². The number of primary amides is 1. The zero-order valence-electron chi connectivity index (χ0n) is 9.78. The van der Waals surface area contributed by atoms with E-state index in [1.165, 1.54) is 0 Å². The van der Waals surface area contributed by atoms with Crippen molar-refractivity contribution in [2.24, 2.45) is 11.5 Å². The standard InChI is InChI=1S/C10H20N4O3/c11-8(4-3-6-14-10(12)17)9(16)13-5-1-2-7-15/h7-8H,1-6,11H2,(H,13,16)(H3,12,14,17)/t8-/m0/s1. The second-order valence-corrected chi connectivity index (χ2v) is 3.64. The van der Waals surface area contributed by atoms with Gasteiger partial charge in [0.25, 0.3) is 0 Å². The van der Waals surface area contributed by atoms with Crippen LogP contribution in [-0.4, -0.2) is 37.4 Å². The first-order valence-corrected chi connectivity index (χ1v) is 5.58. The molecule has 17 heavy (non-hydrogen) atoms. The molecule has 0 saturated carbocycles. The van der Waals surface area contributed by atoms with E-state index in [9.17, 15) is 14.4 Å². The average Bonchev–Trinajstić information content (AvgIpc) is 2.29. The number of hydrogen-bond donors (Lipinski definition) is 4. The fraction of sp³-hybridized carbons (Fsp3) is 0.700. The van der Waals surface area contributed by atoms with Crippen molar-refractivity contribution in [3.05, 3.63) is 0 Å². The maximum atomic E-state index is 11.4. The van der Waals surface area contributed by atoms with Crippen LogP contribution in [0.3, 0.4) is 0 Å². The number of unbranched alkanes of at least 4 members (excludes halogenated alkanes) is 1. The molecule has 0 aliphatic rings. The lowest BCUT2D eigenvalue weighted by molar-refractivity contribution is -0.122. The van der Waals surface area contributed by atoms with Crippen molar-refractivity contribution in [2.45, 2.75) is 31.7 Å². The number of nitrogens with one attached hydrogen (secondary N) is 2. The second kappa shape index (κ2) is 9.59. The molecule has 0 rings (SSSR count). The Morgan fingerprint density at radius 1 is 1.18 bits per heavy atom. The summed E-state index contributed by atoms with van der Waals surface area (Å²) in [5.41, 5.74) is 10.5. The van der Waals surface area contributed by atoms with E-state index in [0.717, 1.165) is 6.29 Å². The molecule has 0 aromatic rings. The lowest BCUT2D eigenvalue weighted by Gasteiger charge is -2.11. The van der Waals surface area contributed by atoms with Crippen LogP contribution in [0, 0.1) is 0 Å². The number of nitrogens with two attached hydrogens (primary N) is 2. The normalized spacial score (nSPS) is 11.6. The molecule has 0 aliphatic heterocycles. The van der Waals surface area contributed by atoms with Gasteiger partial charge in [0.05, 0.1) is 6.04 Å². The van der Waals surface area contributed by atoms with Gasteiger partial charge >= 0.3 is 6.03 Å². The molecule has 0 heterocycles. The molecule has 98 valence electrons. The zero-order chi connectivity index (χ0) is 13.1. The van der Waals surface area contributed by atoms with E-state index in [4.69, 9.17) is 11.5 Å². The van der Waals surface area contributed by atoms with Crippen molar-refractivity contribution in [1.29, 1.82) is 0 Å². The Kier molecular flexibility index (Phi) is 8.67. The average molecular weight is 244 g/mol. The van der Waals surface area contributed by atoms with Gasteiger partial charge in [-0.15, -0.1) is 0 Å². The lowest BCUT2D eigenvalue weighted by Crippen LogP contribution is -2.41. The predicted molar refractivity (Wildman–Crippen MR) is 63.1 cm³/mol. The van der Waals surface area contributed by atoms with Crippen LogP contribution in [-0.2, 0) is 9.59 Å². The van der Waals surface area contributed by atoms with Crippen molar-refractivity contribution in [2.75, 3.05) is 13.1 Å². The number of urea groups is 1. The van der Waals surface area contributed by atoms with Gasteiger partial charge in [-0.1, -0.05) is 0 Å². The Hall–Kier alpha value is -1.63. The van der Waals surface area contributed by atoms with E-state index >= 15 is 0 Å². The third-order valence-electron chi connectivity index (χ3n) is 2.13. The van der Waals surface area contributed by atoms with Gasteiger partial charge in [0, 0.05) is 19.5 Å². The summed E-state index contributed by atoms with van der Waals surface area (Å²) in [4.78, 5) is 31.8. The van der Waals surface area contributed by atoms with Crippen LogP contribution in [0.4, 0.5) is 4.79 Å². The molecule has 0 saturated heterocycles. The summed E-state index contributed by atoms with van der Waals surface area (Å²) in [5.74, 6) is -0.241. The van der Waals surface area contributed by atoms with Crippen LogP contribution in [0.1, 0.15) is 25.7 Å². The van der Waals surface area contributed by atoms with Crippen molar-refractivity contribution >= 4 is 18.2 Å². The number of rotatable bonds is 9. The molecular weight excluding hydrogens is 224 g/mol. The smallest absolute Gasteiger partial charge is 0.312 e. The molecule has 0 aromatic carbocycles. The number of aldehydes is 1. The number of carbonyl (C=O) groups excluding carboxylic acids is 3. The Morgan fingerprint density at radius 2 is 1.82 bits per heavy atom. The first kappa shape index (κ1) is 15.4. The number of carbonyl (C=O) groups is 3. The fourth-order valence-electron chi connectivity index (χ4n) is 1.19. The summed E-state index contributed by atoms with van der Waals surface area (Å²) < 4.78 is 0. The fourth-order valence-corrected chi connectivity index (χ4v) is 1.19. The maximum absolute atomic E-state index is 11.4. The summed E-state index contributed by atoms with van der Waals surface area (Å²) in [6.45, 7) is 0.853. The van der Waals surface area contributed by atoms with Gasteiger partial charge in [-0.25, -0.2) is 4.79 Å². The molecule has 7 heteroatoms. The first-order valence-electron chi connectivity index (χ1n) is 5.58. The minimum atomic E-state index is -0.596. The Labute approximate surface area is 100 Å². The summed E-state index contributed by atoms with van der Waals surface area (Å²) in [6.07, 6.45) is 2.91. The predicted octanol–water partition coefficient (Wildman–Crippen LogP) is -1.14. The largest absolute Gasteiger partial charge is 0.355 e. The molecule has 0 radical (unpaired) electrons. The van der Waals surface area contributed by atoms with Crippen molar-refractivity contribution in [1.82, 2.24) is 10.6 Å². The molecule has 3 amide bonds. The van der Waals surface area contributed by atoms with Gasteiger partial charge in [-0.3, -0.25) is 4.79 Å². The van der Waals surface area contributed by atoms with E-state index in [2.05, 4.69) is 10.6 Å².